The van der Waals surface area contributed by atoms with Gasteiger partial charge in [-0.05, 0) is 51.4 Å². The molecule has 0 fully saturated rings. The lowest BCUT2D eigenvalue weighted by atomic mass is 10.0. The van der Waals surface area contributed by atoms with Crippen LogP contribution in [0.4, 0.5) is 0 Å². The molecule has 0 aromatic heterocycles. The number of nitrogens with one attached hydrogen (secondary N) is 1. The first kappa shape index (κ1) is 65.6. The number of aliphatic hydroxyl groups is 2. The Kier molecular flexibility index (Phi) is 56.0. The van der Waals surface area contributed by atoms with Crippen molar-refractivity contribution in [1.82, 2.24) is 5.32 Å². The number of amides is 1. The summed E-state index contributed by atoms with van der Waals surface area (Å²) in [6.45, 7) is 4.91. The number of carbonyl (C=O) groups excluding carboxylic acids is 2. The predicted molar refractivity (Wildman–Crippen MR) is 292 cm³/mol. The largest absolute Gasteiger partial charge is 0.466 e. The fraction of sp³-hybridized carbons (Fsp3) is 0.934. The Morgan fingerprint density at radius 3 is 1.06 bits per heavy atom. The van der Waals surface area contributed by atoms with Gasteiger partial charge in [0.1, 0.15) is 0 Å². The van der Waals surface area contributed by atoms with Crippen LogP contribution in [0.25, 0.3) is 0 Å². The minimum Gasteiger partial charge on any atom is -0.466 e. The number of esters is 1. The molecule has 0 spiro atoms. The van der Waals surface area contributed by atoms with Gasteiger partial charge in [0.25, 0.3) is 0 Å². The average Bonchev–Trinajstić information content (AvgIpc) is 3.33. The molecule has 2 atom stereocenters. The van der Waals surface area contributed by atoms with E-state index in [1.807, 2.05) is 0 Å². The molecular formula is C61H119NO5. The molecular weight excluding hydrogens is 827 g/mol. The molecule has 0 heterocycles. The average molecular weight is 947 g/mol. The van der Waals surface area contributed by atoms with E-state index in [2.05, 4.69) is 31.3 Å². The van der Waals surface area contributed by atoms with Crippen molar-refractivity contribution < 1.29 is 24.5 Å². The summed E-state index contributed by atoms with van der Waals surface area (Å²) in [5, 5.41) is 23.4. The number of rotatable bonds is 57. The first-order chi connectivity index (χ1) is 33.0. The Hall–Kier alpha value is -1.40. The van der Waals surface area contributed by atoms with Crippen LogP contribution in [-0.2, 0) is 14.3 Å². The van der Waals surface area contributed by atoms with Gasteiger partial charge in [-0.25, -0.2) is 0 Å². The van der Waals surface area contributed by atoms with Crippen LogP contribution < -0.4 is 5.32 Å². The zero-order valence-corrected chi connectivity index (χ0v) is 45.4. The summed E-state index contributed by atoms with van der Waals surface area (Å²) in [6, 6.07) is -0.563. The predicted octanol–water partition coefficient (Wildman–Crippen LogP) is 18.9. The van der Waals surface area contributed by atoms with E-state index in [0.29, 0.717) is 25.9 Å². The van der Waals surface area contributed by atoms with Crippen molar-refractivity contribution in [2.24, 2.45) is 0 Å². The van der Waals surface area contributed by atoms with E-state index in [9.17, 15) is 19.8 Å². The molecule has 398 valence electrons. The number of unbranched alkanes of at least 4 members (excludes halogenated alkanes) is 44. The maximum atomic E-state index is 12.5. The van der Waals surface area contributed by atoms with E-state index >= 15 is 0 Å². The van der Waals surface area contributed by atoms with Crippen molar-refractivity contribution in [1.29, 1.82) is 0 Å². The molecule has 6 nitrogen and oxygen atoms in total. The molecule has 67 heavy (non-hydrogen) atoms. The molecule has 1 amide bonds. The molecule has 0 rings (SSSR count). The highest BCUT2D eigenvalue weighted by Crippen LogP contribution is 2.18. The summed E-state index contributed by atoms with van der Waals surface area (Å²) in [5.74, 6) is -0.0895. The molecule has 2 unspecified atom stereocenters. The second-order valence-corrected chi connectivity index (χ2v) is 21.0. The zero-order chi connectivity index (χ0) is 48.6. The standard InChI is InChI=1S/C61H119NO5/c1-3-5-7-9-11-13-15-17-19-21-22-23-24-25-26-27-28-29-30-32-34-37-41-45-49-53-59(64)58(57-63)62-60(65)54-50-46-42-38-36-40-44-48-52-56-67-61(66)55-51-47-43-39-35-33-31-20-18-16-14-12-10-8-6-4-2/h20,31,58-59,63-64H,3-19,21-30,32-57H2,1-2H3,(H,62,65)/b31-20-. The lowest BCUT2D eigenvalue weighted by Gasteiger charge is -2.22. The van der Waals surface area contributed by atoms with Crippen LogP contribution in [0.3, 0.4) is 0 Å². The summed E-state index contributed by atoms with van der Waals surface area (Å²) in [7, 11) is 0. The minimum absolute atomic E-state index is 0.0307. The Bertz CT molecular complexity index is 1000. The molecule has 0 saturated heterocycles. The van der Waals surface area contributed by atoms with Gasteiger partial charge in [0.2, 0.25) is 5.91 Å². The van der Waals surface area contributed by atoms with Crippen molar-refractivity contribution in [3.05, 3.63) is 12.2 Å². The highest BCUT2D eigenvalue weighted by molar-refractivity contribution is 5.76. The van der Waals surface area contributed by atoms with E-state index in [0.717, 1.165) is 57.8 Å². The Balaban J connectivity index is 3.46. The third-order valence-electron chi connectivity index (χ3n) is 14.3. The van der Waals surface area contributed by atoms with Gasteiger partial charge < -0.3 is 20.3 Å². The highest BCUT2D eigenvalue weighted by atomic mass is 16.5. The summed E-state index contributed by atoms with van der Waals surface area (Å²) in [6.07, 6.45) is 67.8. The van der Waals surface area contributed by atoms with E-state index in [4.69, 9.17) is 4.74 Å². The number of carbonyl (C=O) groups is 2. The number of allylic oxidation sites excluding steroid dienone is 2. The van der Waals surface area contributed by atoms with Crippen LogP contribution in [0.1, 0.15) is 341 Å². The molecule has 0 bridgehead atoms. The van der Waals surface area contributed by atoms with Gasteiger partial charge >= 0.3 is 5.97 Å². The van der Waals surface area contributed by atoms with Crippen LogP contribution in [-0.4, -0.2) is 47.4 Å². The Labute approximate surface area is 419 Å². The number of hydrogen-bond donors (Lipinski definition) is 3. The number of ether oxygens (including phenoxy) is 1. The summed E-state index contributed by atoms with van der Waals surface area (Å²) in [5.41, 5.74) is 0. The van der Waals surface area contributed by atoms with E-state index in [-0.39, 0.29) is 18.5 Å². The smallest absolute Gasteiger partial charge is 0.305 e. The summed E-state index contributed by atoms with van der Waals surface area (Å²) >= 11 is 0. The van der Waals surface area contributed by atoms with Crippen LogP contribution in [0.5, 0.6) is 0 Å². The van der Waals surface area contributed by atoms with Crippen LogP contribution in [0.2, 0.25) is 0 Å². The fourth-order valence-corrected chi connectivity index (χ4v) is 9.64. The Morgan fingerprint density at radius 2 is 0.701 bits per heavy atom. The van der Waals surface area contributed by atoms with Gasteiger partial charge in [0.15, 0.2) is 0 Å². The Morgan fingerprint density at radius 1 is 0.403 bits per heavy atom. The van der Waals surface area contributed by atoms with Crippen molar-refractivity contribution >= 4 is 11.9 Å². The monoisotopic (exact) mass is 946 g/mol. The van der Waals surface area contributed by atoms with E-state index in [1.54, 1.807) is 0 Å². The van der Waals surface area contributed by atoms with E-state index in [1.165, 1.54) is 250 Å². The molecule has 0 aliphatic heterocycles. The maximum Gasteiger partial charge on any atom is 0.305 e. The van der Waals surface area contributed by atoms with Crippen molar-refractivity contribution in [2.45, 2.75) is 353 Å². The first-order valence-electron chi connectivity index (χ1n) is 30.4. The van der Waals surface area contributed by atoms with Crippen LogP contribution in [0, 0.1) is 0 Å². The van der Waals surface area contributed by atoms with Gasteiger partial charge in [-0.3, -0.25) is 9.59 Å². The third kappa shape index (κ3) is 53.8. The molecule has 0 saturated carbocycles. The number of hydrogen-bond acceptors (Lipinski definition) is 5. The lowest BCUT2D eigenvalue weighted by molar-refractivity contribution is -0.143. The topological polar surface area (TPSA) is 95.9 Å². The molecule has 3 N–H and O–H groups in total. The van der Waals surface area contributed by atoms with Crippen molar-refractivity contribution in [2.75, 3.05) is 13.2 Å². The SMILES string of the molecule is CCCCCCCCC/C=C\CCCCCCCC(=O)OCCCCCCCCCCCC(=O)NC(CO)C(O)CCCCCCCCCCCCCCCCCCCCCCCCCCC. The lowest BCUT2D eigenvalue weighted by Crippen LogP contribution is -2.45. The highest BCUT2D eigenvalue weighted by Gasteiger charge is 2.20. The van der Waals surface area contributed by atoms with Crippen LogP contribution in [0.15, 0.2) is 12.2 Å². The van der Waals surface area contributed by atoms with Crippen molar-refractivity contribution in [3.63, 3.8) is 0 Å². The normalized spacial score (nSPS) is 12.6. The van der Waals surface area contributed by atoms with Gasteiger partial charge in [0, 0.05) is 12.8 Å². The van der Waals surface area contributed by atoms with E-state index < -0.39 is 12.1 Å². The molecule has 0 aliphatic rings. The molecule has 6 heteroatoms. The summed E-state index contributed by atoms with van der Waals surface area (Å²) < 4.78 is 5.46. The van der Waals surface area contributed by atoms with Gasteiger partial charge in [0.05, 0.1) is 25.4 Å². The molecule has 0 radical (unpaired) electrons. The van der Waals surface area contributed by atoms with Gasteiger partial charge in [-0.15, -0.1) is 0 Å². The minimum atomic E-state index is -0.683. The van der Waals surface area contributed by atoms with Crippen molar-refractivity contribution in [3.8, 4) is 0 Å². The second-order valence-electron chi connectivity index (χ2n) is 21.0. The van der Waals surface area contributed by atoms with Crippen LogP contribution >= 0.6 is 0 Å². The summed E-state index contributed by atoms with van der Waals surface area (Å²) in [4.78, 5) is 24.6. The fourth-order valence-electron chi connectivity index (χ4n) is 9.64. The molecule has 0 aliphatic carbocycles. The van der Waals surface area contributed by atoms with Gasteiger partial charge in [-0.1, -0.05) is 289 Å². The second kappa shape index (κ2) is 57.2. The third-order valence-corrected chi connectivity index (χ3v) is 14.3. The first-order valence-corrected chi connectivity index (χ1v) is 30.4. The quantitative estimate of drug-likeness (QED) is 0.0321. The molecule has 0 aromatic rings. The molecule has 0 aromatic carbocycles. The number of aliphatic hydroxyl groups excluding tert-OH is 2. The van der Waals surface area contributed by atoms with Gasteiger partial charge in [-0.2, -0.15) is 0 Å². The maximum absolute atomic E-state index is 12.5. The zero-order valence-electron chi connectivity index (χ0n) is 45.4.